The fourth-order valence-corrected chi connectivity index (χ4v) is 2.64. The number of benzene rings is 1. The van der Waals surface area contributed by atoms with Crippen molar-refractivity contribution in [1.29, 1.82) is 0 Å². The molecule has 2 unspecified atom stereocenters. The van der Waals surface area contributed by atoms with Crippen LogP contribution in [0, 0.1) is 5.92 Å². The zero-order valence-corrected chi connectivity index (χ0v) is 10.5. The molecule has 1 aliphatic heterocycles. The van der Waals surface area contributed by atoms with Gasteiger partial charge in [0, 0.05) is 24.4 Å². The van der Waals surface area contributed by atoms with E-state index in [1.54, 1.807) is 0 Å². The fourth-order valence-electron chi connectivity index (χ4n) is 2.64. The minimum absolute atomic E-state index is 0.240. The number of rotatable bonds is 2. The minimum Gasteiger partial charge on any atom is -0.393 e. The van der Waals surface area contributed by atoms with Gasteiger partial charge in [-0.3, -0.25) is 0 Å². The lowest BCUT2D eigenvalue weighted by atomic mass is 10.0. The van der Waals surface area contributed by atoms with Crippen LogP contribution in [0.15, 0.2) is 30.5 Å². The molecule has 3 rings (SSSR count). The molecule has 2 aromatic rings. The first-order valence-corrected chi connectivity index (χ1v) is 6.39. The molecule has 4 heteroatoms. The van der Waals surface area contributed by atoms with Gasteiger partial charge in [-0.15, -0.1) is 0 Å². The molecule has 0 saturated carbocycles. The van der Waals surface area contributed by atoms with Crippen LogP contribution in [0.2, 0.25) is 0 Å². The van der Waals surface area contributed by atoms with Gasteiger partial charge in [0.25, 0.3) is 0 Å². The largest absolute Gasteiger partial charge is 0.393 e. The van der Waals surface area contributed by atoms with Crippen LogP contribution in [0.5, 0.6) is 0 Å². The summed E-state index contributed by atoms with van der Waals surface area (Å²) in [6.07, 6.45) is 2.62. The summed E-state index contributed by atoms with van der Waals surface area (Å²) < 4.78 is 0. The summed E-state index contributed by atoms with van der Waals surface area (Å²) in [5.41, 5.74) is 2.05. The Morgan fingerprint density at radius 3 is 3.00 bits per heavy atom. The van der Waals surface area contributed by atoms with E-state index in [0.29, 0.717) is 5.92 Å². The van der Waals surface area contributed by atoms with Gasteiger partial charge in [0.05, 0.1) is 23.5 Å². The highest BCUT2D eigenvalue weighted by atomic mass is 16.3. The van der Waals surface area contributed by atoms with E-state index < -0.39 is 0 Å². The first-order valence-electron chi connectivity index (χ1n) is 6.39. The standard InChI is InChI=1S/C14H17N3O/c1-10(18)11-6-7-17(9-11)14-8-15-16-13-5-3-2-4-12(13)14/h2-5,8,10-11,18H,6-7,9H2,1H3. The lowest BCUT2D eigenvalue weighted by Crippen LogP contribution is -2.24. The van der Waals surface area contributed by atoms with E-state index in [0.717, 1.165) is 36.1 Å². The summed E-state index contributed by atoms with van der Waals surface area (Å²) in [5, 5.41) is 19.0. The molecule has 1 aromatic carbocycles. The molecular formula is C14H17N3O. The average molecular weight is 243 g/mol. The van der Waals surface area contributed by atoms with Crippen molar-refractivity contribution < 1.29 is 5.11 Å². The first kappa shape index (κ1) is 11.4. The Kier molecular flexibility index (Phi) is 2.88. The van der Waals surface area contributed by atoms with Gasteiger partial charge in [-0.2, -0.15) is 10.2 Å². The van der Waals surface area contributed by atoms with Crippen molar-refractivity contribution in [1.82, 2.24) is 10.2 Å². The van der Waals surface area contributed by atoms with Crippen LogP contribution >= 0.6 is 0 Å². The van der Waals surface area contributed by atoms with Gasteiger partial charge >= 0.3 is 0 Å². The van der Waals surface area contributed by atoms with Crippen molar-refractivity contribution in [3.63, 3.8) is 0 Å². The number of nitrogens with zero attached hydrogens (tertiary/aromatic N) is 3. The Balaban J connectivity index is 1.96. The number of fused-ring (bicyclic) bond motifs is 1. The maximum Gasteiger partial charge on any atom is 0.0950 e. The SMILES string of the molecule is CC(O)C1CCN(c2cnnc3ccccc23)C1. The molecule has 0 radical (unpaired) electrons. The second-order valence-corrected chi connectivity index (χ2v) is 4.98. The Hall–Kier alpha value is -1.68. The number of aliphatic hydroxyl groups is 1. The topological polar surface area (TPSA) is 49.2 Å². The summed E-state index contributed by atoms with van der Waals surface area (Å²) in [6, 6.07) is 8.06. The molecule has 94 valence electrons. The Morgan fingerprint density at radius 1 is 1.39 bits per heavy atom. The van der Waals surface area contributed by atoms with E-state index >= 15 is 0 Å². The molecule has 1 aliphatic rings. The van der Waals surface area contributed by atoms with Crippen LogP contribution in [0.4, 0.5) is 5.69 Å². The minimum atomic E-state index is -0.240. The highest BCUT2D eigenvalue weighted by Crippen LogP contribution is 2.30. The van der Waals surface area contributed by atoms with Gasteiger partial charge in [-0.05, 0) is 19.4 Å². The van der Waals surface area contributed by atoms with Gasteiger partial charge in [0.2, 0.25) is 0 Å². The quantitative estimate of drug-likeness (QED) is 0.874. The predicted octanol–water partition coefficient (Wildman–Crippen LogP) is 1.84. The number of hydrogen-bond acceptors (Lipinski definition) is 4. The van der Waals surface area contributed by atoms with E-state index in [4.69, 9.17) is 0 Å². The molecule has 1 fully saturated rings. The third-order valence-corrected chi connectivity index (χ3v) is 3.77. The molecule has 1 aromatic heterocycles. The molecular weight excluding hydrogens is 226 g/mol. The van der Waals surface area contributed by atoms with E-state index in [1.807, 2.05) is 31.3 Å². The molecule has 1 saturated heterocycles. The molecule has 0 aliphatic carbocycles. The van der Waals surface area contributed by atoms with Crippen molar-refractivity contribution in [3.8, 4) is 0 Å². The van der Waals surface area contributed by atoms with Gasteiger partial charge < -0.3 is 10.0 Å². The molecule has 4 nitrogen and oxygen atoms in total. The smallest absolute Gasteiger partial charge is 0.0950 e. The van der Waals surface area contributed by atoms with E-state index in [2.05, 4.69) is 21.2 Å². The zero-order chi connectivity index (χ0) is 12.5. The molecule has 1 N–H and O–H groups in total. The summed E-state index contributed by atoms with van der Waals surface area (Å²) in [6.45, 7) is 3.75. The van der Waals surface area contributed by atoms with Gasteiger partial charge in [0.15, 0.2) is 0 Å². The van der Waals surface area contributed by atoms with Gasteiger partial charge in [0.1, 0.15) is 0 Å². The lowest BCUT2D eigenvalue weighted by molar-refractivity contribution is 0.136. The molecule has 0 bridgehead atoms. The van der Waals surface area contributed by atoms with Crippen LogP contribution in [-0.4, -0.2) is 34.5 Å². The highest BCUT2D eigenvalue weighted by molar-refractivity contribution is 5.90. The Morgan fingerprint density at radius 2 is 2.22 bits per heavy atom. The average Bonchev–Trinajstić information content (AvgIpc) is 2.87. The van der Waals surface area contributed by atoms with Gasteiger partial charge in [-0.1, -0.05) is 18.2 Å². The van der Waals surface area contributed by atoms with E-state index in [1.165, 1.54) is 0 Å². The van der Waals surface area contributed by atoms with Crippen molar-refractivity contribution in [2.45, 2.75) is 19.4 Å². The van der Waals surface area contributed by atoms with Crippen LogP contribution < -0.4 is 4.90 Å². The van der Waals surface area contributed by atoms with Crippen LogP contribution in [-0.2, 0) is 0 Å². The predicted molar refractivity (Wildman–Crippen MR) is 71.5 cm³/mol. The van der Waals surface area contributed by atoms with Crippen LogP contribution in [0.3, 0.4) is 0 Å². The third kappa shape index (κ3) is 1.93. The summed E-state index contributed by atoms with van der Waals surface area (Å²) in [5.74, 6) is 0.358. The number of hydrogen-bond donors (Lipinski definition) is 1. The highest BCUT2D eigenvalue weighted by Gasteiger charge is 2.27. The molecule has 2 heterocycles. The van der Waals surface area contributed by atoms with Crippen molar-refractivity contribution in [2.75, 3.05) is 18.0 Å². The maximum absolute atomic E-state index is 9.68. The number of anilines is 1. The Labute approximate surface area is 106 Å². The van der Waals surface area contributed by atoms with E-state index in [9.17, 15) is 5.11 Å². The second-order valence-electron chi connectivity index (χ2n) is 4.98. The van der Waals surface area contributed by atoms with Crippen molar-refractivity contribution >= 4 is 16.6 Å². The van der Waals surface area contributed by atoms with Gasteiger partial charge in [-0.25, -0.2) is 0 Å². The van der Waals surface area contributed by atoms with E-state index in [-0.39, 0.29) is 6.10 Å². The summed E-state index contributed by atoms with van der Waals surface area (Å²) in [4.78, 5) is 2.30. The Bertz CT molecular complexity index is 550. The first-order chi connectivity index (χ1) is 8.75. The third-order valence-electron chi connectivity index (χ3n) is 3.77. The van der Waals surface area contributed by atoms with Crippen LogP contribution in [0.25, 0.3) is 10.9 Å². The normalized spacial score (nSPS) is 21.4. The molecule has 18 heavy (non-hydrogen) atoms. The molecule has 2 atom stereocenters. The summed E-state index contributed by atoms with van der Waals surface area (Å²) in [7, 11) is 0. The number of aliphatic hydroxyl groups excluding tert-OH is 1. The molecule has 0 amide bonds. The van der Waals surface area contributed by atoms with Crippen molar-refractivity contribution in [3.05, 3.63) is 30.5 Å². The number of aromatic nitrogens is 2. The molecule has 0 spiro atoms. The zero-order valence-electron chi connectivity index (χ0n) is 10.5. The second kappa shape index (κ2) is 4.53. The summed E-state index contributed by atoms with van der Waals surface area (Å²) >= 11 is 0. The van der Waals surface area contributed by atoms with Crippen LogP contribution in [0.1, 0.15) is 13.3 Å². The fraction of sp³-hybridized carbons (Fsp3) is 0.429. The van der Waals surface area contributed by atoms with Crippen molar-refractivity contribution in [2.24, 2.45) is 5.92 Å². The monoisotopic (exact) mass is 243 g/mol. The lowest BCUT2D eigenvalue weighted by Gasteiger charge is -2.20. The maximum atomic E-state index is 9.68.